The first-order chi connectivity index (χ1) is 15.7. The highest BCUT2D eigenvalue weighted by molar-refractivity contribution is 5.84. The summed E-state index contributed by atoms with van der Waals surface area (Å²) in [6.45, 7) is 2.70. The number of ether oxygens (including phenoxy) is 2. The monoisotopic (exact) mass is 428 g/mol. The van der Waals surface area contributed by atoms with Crippen LogP contribution in [-0.2, 0) is 9.53 Å². The number of benzene rings is 3. The third-order valence-corrected chi connectivity index (χ3v) is 5.47. The van der Waals surface area contributed by atoms with Gasteiger partial charge in [0.25, 0.3) is 0 Å². The van der Waals surface area contributed by atoms with Crippen LogP contribution in [0.5, 0.6) is 5.75 Å². The number of hydrogen-bond donors (Lipinski definition) is 0. The summed E-state index contributed by atoms with van der Waals surface area (Å²) in [6, 6.07) is 24.8. The van der Waals surface area contributed by atoms with Crippen LogP contribution in [-0.4, -0.2) is 29.2 Å². The van der Waals surface area contributed by atoms with Crippen molar-refractivity contribution in [1.82, 2.24) is 9.55 Å². The molecule has 0 unspecified atom stereocenters. The number of aryl methyl sites for hydroxylation is 1. The Kier molecular flexibility index (Phi) is 6.85. The molecule has 4 rings (SSSR count). The molecule has 164 valence electrons. The Bertz CT molecular complexity index is 1180. The molecule has 0 fully saturated rings. The van der Waals surface area contributed by atoms with E-state index in [0.29, 0.717) is 13.0 Å². The summed E-state index contributed by atoms with van der Waals surface area (Å²) in [5.41, 5.74) is 5.31. The SMILES string of the molecule is COC(=O)CCCCCOc1ccc2c(c1)nc(-c1ccccc1)n2-c1ccc(C)cc1. The van der Waals surface area contributed by atoms with Crippen LogP contribution < -0.4 is 4.74 Å². The predicted molar refractivity (Wildman–Crippen MR) is 127 cm³/mol. The van der Waals surface area contributed by atoms with Gasteiger partial charge in [-0.15, -0.1) is 0 Å². The highest BCUT2D eigenvalue weighted by atomic mass is 16.5. The Labute approximate surface area is 188 Å². The molecule has 1 aromatic heterocycles. The minimum Gasteiger partial charge on any atom is -0.494 e. The zero-order chi connectivity index (χ0) is 22.3. The van der Waals surface area contributed by atoms with Gasteiger partial charge in [0.1, 0.15) is 11.6 Å². The molecule has 0 saturated heterocycles. The number of unbranched alkanes of at least 4 members (excludes halogenated alkanes) is 2. The van der Waals surface area contributed by atoms with Crippen LogP contribution >= 0.6 is 0 Å². The lowest BCUT2D eigenvalue weighted by Gasteiger charge is -2.10. The number of imidazole rings is 1. The molecule has 0 saturated carbocycles. The molecule has 0 spiro atoms. The molecule has 5 heteroatoms. The number of rotatable bonds is 9. The van der Waals surface area contributed by atoms with Crippen molar-refractivity contribution >= 4 is 17.0 Å². The normalized spacial score (nSPS) is 10.9. The van der Waals surface area contributed by atoms with Crippen molar-refractivity contribution in [3.8, 4) is 22.8 Å². The van der Waals surface area contributed by atoms with Crippen molar-refractivity contribution < 1.29 is 14.3 Å². The van der Waals surface area contributed by atoms with E-state index < -0.39 is 0 Å². The molecule has 0 aliphatic rings. The van der Waals surface area contributed by atoms with Gasteiger partial charge in [-0.3, -0.25) is 9.36 Å². The van der Waals surface area contributed by atoms with E-state index >= 15 is 0 Å². The topological polar surface area (TPSA) is 53.4 Å². The van der Waals surface area contributed by atoms with Crippen LogP contribution in [0.1, 0.15) is 31.2 Å². The number of esters is 1. The third kappa shape index (κ3) is 4.99. The van der Waals surface area contributed by atoms with Crippen molar-refractivity contribution in [2.45, 2.75) is 32.6 Å². The maximum atomic E-state index is 11.2. The van der Waals surface area contributed by atoms with Gasteiger partial charge in [-0.1, -0.05) is 48.0 Å². The average Bonchev–Trinajstić information content (AvgIpc) is 3.21. The van der Waals surface area contributed by atoms with Crippen LogP contribution in [0.4, 0.5) is 0 Å². The fraction of sp³-hybridized carbons (Fsp3) is 0.259. The molecule has 4 aromatic rings. The van der Waals surface area contributed by atoms with E-state index in [-0.39, 0.29) is 5.97 Å². The summed E-state index contributed by atoms with van der Waals surface area (Å²) in [5.74, 6) is 1.55. The van der Waals surface area contributed by atoms with Gasteiger partial charge in [-0.2, -0.15) is 0 Å². The van der Waals surface area contributed by atoms with Gasteiger partial charge < -0.3 is 9.47 Å². The standard InChI is InChI=1S/C27H28N2O3/c1-20-12-14-22(15-13-20)29-25-17-16-23(32-18-8-4-7-11-26(30)31-2)19-24(25)28-27(29)21-9-5-3-6-10-21/h3,5-6,9-10,12-17,19H,4,7-8,11,18H2,1-2H3. The van der Waals surface area contributed by atoms with Crippen molar-refractivity contribution in [1.29, 1.82) is 0 Å². The highest BCUT2D eigenvalue weighted by Crippen LogP contribution is 2.30. The van der Waals surface area contributed by atoms with Crippen LogP contribution in [0.15, 0.2) is 72.8 Å². The van der Waals surface area contributed by atoms with Crippen LogP contribution in [0.25, 0.3) is 28.1 Å². The number of fused-ring (bicyclic) bond motifs is 1. The summed E-state index contributed by atoms with van der Waals surface area (Å²) in [6.07, 6.45) is 3.09. The van der Waals surface area contributed by atoms with Gasteiger partial charge in [0.15, 0.2) is 0 Å². The number of aromatic nitrogens is 2. The molecule has 32 heavy (non-hydrogen) atoms. The number of hydrogen-bond acceptors (Lipinski definition) is 4. The number of methoxy groups -OCH3 is 1. The highest BCUT2D eigenvalue weighted by Gasteiger charge is 2.15. The summed E-state index contributed by atoms with van der Waals surface area (Å²) >= 11 is 0. The first-order valence-corrected chi connectivity index (χ1v) is 11.0. The molecule has 0 atom stereocenters. The lowest BCUT2D eigenvalue weighted by Crippen LogP contribution is -2.01. The van der Waals surface area contributed by atoms with Gasteiger partial charge in [0, 0.05) is 23.7 Å². The maximum absolute atomic E-state index is 11.2. The van der Waals surface area contributed by atoms with Gasteiger partial charge in [-0.05, 0) is 50.5 Å². The fourth-order valence-corrected chi connectivity index (χ4v) is 3.73. The third-order valence-electron chi connectivity index (χ3n) is 5.47. The fourth-order valence-electron chi connectivity index (χ4n) is 3.73. The van der Waals surface area contributed by atoms with E-state index in [0.717, 1.165) is 53.1 Å². The van der Waals surface area contributed by atoms with Crippen molar-refractivity contribution in [3.05, 3.63) is 78.4 Å². The van der Waals surface area contributed by atoms with E-state index in [4.69, 9.17) is 9.72 Å². The van der Waals surface area contributed by atoms with Crippen molar-refractivity contribution in [3.63, 3.8) is 0 Å². The van der Waals surface area contributed by atoms with E-state index in [2.05, 4.69) is 58.7 Å². The predicted octanol–water partition coefficient (Wildman–Crippen LogP) is 6.11. The smallest absolute Gasteiger partial charge is 0.305 e. The first kappa shape index (κ1) is 21.6. The number of nitrogens with zero attached hydrogens (tertiary/aromatic N) is 2. The average molecular weight is 429 g/mol. The Balaban J connectivity index is 1.56. The second-order valence-corrected chi connectivity index (χ2v) is 7.86. The second-order valence-electron chi connectivity index (χ2n) is 7.86. The summed E-state index contributed by atoms with van der Waals surface area (Å²) in [4.78, 5) is 16.1. The lowest BCUT2D eigenvalue weighted by atomic mass is 10.2. The quantitative estimate of drug-likeness (QED) is 0.238. The summed E-state index contributed by atoms with van der Waals surface area (Å²) < 4.78 is 12.8. The molecular formula is C27H28N2O3. The Morgan fingerprint density at radius 2 is 1.72 bits per heavy atom. The second kappa shape index (κ2) is 10.1. The Morgan fingerprint density at radius 1 is 0.938 bits per heavy atom. The van der Waals surface area contributed by atoms with Crippen molar-refractivity contribution in [2.24, 2.45) is 0 Å². The van der Waals surface area contributed by atoms with Gasteiger partial charge in [-0.25, -0.2) is 4.98 Å². The molecule has 0 bridgehead atoms. The summed E-state index contributed by atoms with van der Waals surface area (Å²) in [5, 5.41) is 0. The number of carbonyl (C=O) groups excluding carboxylic acids is 1. The lowest BCUT2D eigenvalue weighted by molar-refractivity contribution is -0.140. The minimum absolute atomic E-state index is 0.158. The van der Waals surface area contributed by atoms with Gasteiger partial charge in [0.05, 0.1) is 24.8 Å². The first-order valence-electron chi connectivity index (χ1n) is 11.0. The molecule has 0 aliphatic carbocycles. The molecule has 0 radical (unpaired) electrons. The van der Waals surface area contributed by atoms with E-state index in [9.17, 15) is 4.79 Å². The Morgan fingerprint density at radius 3 is 2.47 bits per heavy atom. The summed E-state index contributed by atoms with van der Waals surface area (Å²) in [7, 11) is 1.42. The zero-order valence-corrected chi connectivity index (χ0v) is 18.6. The van der Waals surface area contributed by atoms with E-state index in [1.807, 2.05) is 30.3 Å². The minimum atomic E-state index is -0.158. The molecule has 5 nitrogen and oxygen atoms in total. The van der Waals surface area contributed by atoms with Crippen LogP contribution in [0, 0.1) is 6.92 Å². The Hall–Kier alpha value is -3.60. The van der Waals surface area contributed by atoms with Gasteiger partial charge >= 0.3 is 5.97 Å². The molecular weight excluding hydrogens is 400 g/mol. The maximum Gasteiger partial charge on any atom is 0.305 e. The molecule has 0 aliphatic heterocycles. The van der Waals surface area contributed by atoms with Crippen molar-refractivity contribution in [2.75, 3.05) is 13.7 Å². The zero-order valence-electron chi connectivity index (χ0n) is 18.6. The van der Waals surface area contributed by atoms with E-state index in [1.165, 1.54) is 12.7 Å². The van der Waals surface area contributed by atoms with Gasteiger partial charge in [0.2, 0.25) is 0 Å². The molecule has 0 N–H and O–H groups in total. The molecule has 3 aromatic carbocycles. The molecule has 1 heterocycles. The van der Waals surface area contributed by atoms with E-state index in [1.54, 1.807) is 0 Å². The van der Waals surface area contributed by atoms with Crippen LogP contribution in [0.3, 0.4) is 0 Å². The van der Waals surface area contributed by atoms with Crippen LogP contribution in [0.2, 0.25) is 0 Å². The number of carbonyl (C=O) groups is 1. The largest absolute Gasteiger partial charge is 0.494 e. The molecule has 0 amide bonds.